The molecule has 27 heavy (non-hydrogen) atoms. The predicted octanol–water partition coefficient (Wildman–Crippen LogP) is 4.33. The SMILES string of the molecule is COc1ccc(CC(C)N(CC(C)C)CC(O)c2ccccc2)cc1OC. The minimum atomic E-state index is -0.488. The number of hydrogen-bond donors (Lipinski definition) is 1. The predicted molar refractivity (Wildman–Crippen MR) is 111 cm³/mol. The highest BCUT2D eigenvalue weighted by Crippen LogP contribution is 2.28. The number of aliphatic hydroxyl groups is 1. The number of benzene rings is 2. The van der Waals surface area contributed by atoms with E-state index < -0.39 is 6.10 Å². The van der Waals surface area contributed by atoms with E-state index in [-0.39, 0.29) is 0 Å². The summed E-state index contributed by atoms with van der Waals surface area (Å²) in [6, 6.07) is 16.2. The number of nitrogens with zero attached hydrogens (tertiary/aromatic N) is 1. The second-order valence-electron chi connectivity index (χ2n) is 7.52. The molecule has 0 heterocycles. The summed E-state index contributed by atoms with van der Waals surface area (Å²) in [7, 11) is 3.31. The van der Waals surface area contributed by atoms with Crippen molar-refractivity contribution in [1.82, 2.24) is 4.90 Å². The molecule has 2 unspecified atom stereocenters. The zero-order valence-corrected chi connectivity index (χ0v) is 17.2. The summed E-state index contributed by atoms with van der Waals surface area (Å²) in [5.41, 5.74) is 2.16. The van der Waals surface area contributed by atoms with E-state index in [1.165, 1.54) is 5.56 Å². The molecule has 4 heteroatoms. The average Bonchev–Trinajstić information content (AvgIpc) is 2.67. The Labute approximate surface area is 163 Å². The van der Waals surface area contributed by atoms with Crippen molar-refractivity contribution in [2.24, 2.45) is 5.92 Å². The highest BCUT2D eigenvalue weighted by atomic mass is 16.5. The second-order valence-corrected chi connectivity index (χ2v) is 7.52. The minimum Gasteiger partial charge on any atom is -0.493 e. The first kappa shape index (κ1) is 21.3. The first-order valence-corrected chi connectivity index (χ1v) is 9.62. The Hall–Kier alpha value is -2.04. The summed E-state index contributed by atoms with van der Waals surface area (Å²) >= 11 is 0. The van der Waals surface area contributed by atoms with Crippen LogP contribution in [-0.4, -0.2) is 43.4 Å². The van der Waals surface area contributed by atoms with E-state index in [9.17, 15) is 5.11 Å². The van der Waals surface area contributed by atoms with Crippen molar-refractivity contribution in [3.05, 3.63) is 59.7 Å². The standard InChI is InChI=1S/C23H33NO3/c1-17(2)15-24(16-21(25)20-9-7-6-8-10-20)18(3)13-19-11-12-22(26-4)23(14-19)27-5/h6-12,14,17-18,21,25H,13,15-16H2,1-5H3. The van der Waals surface area contributed by atoms with Crippen LogP contribution < -0.4 is 9.47 Å². The van der Waals surface area contributed by atoms with Gasteiger partial charge in [0.15, 0.2) is 11.5 Å². The molecule has 2 rings (SSSR count). The number of rotatable bonds is 10. The molecule has 4 nitrogen and oxygen atoms in total. The van der Waals surface area contributed by atoms with E-state index in [1.54, 1.807) is 14.2 Å². The Morgan fingerprint density at radius 1 is 0.889 bits per heavy atom. The third kappa shape index (κ3) is 6.26. The normalized spacial score (nSPS) is 13.6. The number of hydrogen-bond acceptors (Lipinski definition) is 4. The summed E-state index contributed by atoms with van der Waals surface area (Å²) in [5, 5.41) is 10.7. The number of aliphatic hydroxyl groups excluding tert-OH is 1. The van der Waals surface area contributed by atoms with Crippen LogP contribution in [0.1, 0.15) is 38.0 Å². The quantitative estimate of drug-likeness (QED) is 0.675. The molecule has 0 bridgehead atoms. The van der Waals surface area contributed by atoms with Crippen molar-refractivity contribution in [3.8, 4) is 11.5 Å². The Bertz CT molecular complexity index is 687. The van der Waals surface area contributed by atoms with Crippen molar-refractivity contribution >= 4 is 0 Å². The highest BCUT2D eigenvalue weighted by Gasteiger charge is 2.20. The second kappa shape index (κ2) is 10.3. The molecule has 0 saturated heterocycles. The lowest BCUT2D eigenvalue weighted by molar-refractivity contribution is 0.0828. The lowest BCUT2D eigenvalue weighted by Gasteiger charge is -2.32. The van der Waals surface area contributed by atoms with Gasteiger partial charge in [-0.25, -0.2) is 0 Å². The van der Waals surface area contributed by atoms with Gasteiger partial charge in [-0.3, -0.25) is 4.90 Å². The van der Waals surface area contributed by atoms with Gasteiger partial charge in [0, 0.05) is 19.1 Å². The molecular weight excluding hydrogens is 338 g/mol. The van der Waals surface area contributed by atoms with E-state index in [0.717, 1.165) is 30.0 Å². The fourth-order valence-corrected chi connectivity index (χ4v) is 3.38. The van der Waals surface area contributed by atoms with Crippen LogP contribution in [0.2, 0.25) is 0 Å². The van der Waals surface area contributed by atoms with Gasteiger partial charge in [0.2, 0.25) is 0 Å². The van der Waals surface area contributed by atoms with Gasteiger partial charge in [0.25, 0.3) is 0 Å². The van der Waals surface area contributed by atoms with Gasteiger partial charge in [-0.1, -0.05) is 50.2 Å². The van der Waals surface area contributed by atoms with Crippen molar-refractivity contribution in [1.29, 1.82) is 0 Å². The van der Waals surface area contributed by atoms with E-state index in [1.807, 2.05) is 42.5 Å². The first-order valence-electron chi connectivity index (χ1n) is 9.62. The van der Waals surface area contributed by atoms with Crippen molar-refractivity contribution in [2.75, 3.05) is 27.3 Å². The van der Waals surface area contributed by atoms with Crippen molar-refractivity contribution in [3.63, 3.8) is 0 Å². The van der Waals surface area contributed by atoms with Crippen molar-refractivity contribution < 1.29 is 14.6 Å². The molecule has 0 aromatic heterocycles. The molecule has 0 aliphatic carbocycles. The Morgan fingerprint density at radius 2 is 1.56 bits per heavy atom. The molecule has 2 aromatic carbocycles. The molecule has 0 fully saturated rings. The topological polar surface area (TPSA) is 41.9 Å². The molecule has 0 aliphatic rings. The molecule has 0 amide bonds. The molecular formula is C23H33NO3. The third-order valence-electron chi connectivity index (χ3n) is 4.79. The molecule has 148 valence electrons. The first-order chi connectivity index (χ1) is 12.9. The third-order valence-corrected chi connectivity index (χ3v) is 4.79. The van der Waals surface area contributed by atoms with E-state index >= 15 is 0 Å². The fraction of sp³-hybridized carbons (Fsp3) is 0.478. The molecule has 0 spiro atoms. The van der Waals surface area contributed by atoms with Crippen molar-refractivity contribution in [2.45, 2.75) is 39.3 Å². The van der Waals surface area contributed by atoms with Gasteiger partial charge in [-0.05, 0) is 42.5 Å². The Balaban J connectivity index is 2.11. The molecule has 0 radical (unpaired) electrons. The van der Waals surface area contributed by atoms with Crippen LogP contribution in [0.25, 0.3) is 0 Å². The maximum absolute atomic E-state index is 10.7. The summed E-state index contributed by atoms with van der Waals surface area (Å²) in [6.45, 7) is 8.21. The molecule has 1 N–H and O–H groups in total. The smallest absolute Gasteiger partial charge is 0.160 e. The van der Waals surface area contributed by atoms with E-state index in [0.29, 0.717) is 18.5 Å². The molecule has 2 aromatic rings. The van der Waals surface area contributed by atoms with Gasteiger partial charge >= 0.3 is 0 Å². The maximum atomic E-state index is 10.7. The number of ether oxygens (including phenoxy) is 2. The van der Waals surface area contributed by atoms with Gasteiger partial charge in [-0.2, -0.15) is 0 Å². The van der Waals surface area contributed by atoms with Gasteiger partial charge in [0.05, 0.1) is 20.3 Å². The summed E-state index contributed by atoms with van der Waals surface area (Å²) in [5.74, 6) is 2.02. The van der Waals surface area contributed by atoms with Crippen LogP contribution in [0.3, 0.4) is 0 Å². The van der Waals surface area contributed by atoms with E-state index in [4.69, 9.17) is 9.47 Å². The zero-order chi connectivity index (χ0) is 19.8. The Morgan fingerprint density at radius 3 is 2.15 bits per heavy atom. The van der Waals surface area contributed by atoms with Crippen LogP contribution in [0.15, 0.2) is 48.5 Å². The maximum Gasteiger partial charge on any atom is 0.160 e. The zero-order valence-electron chi connectivity index (χ0n) is 17.2. The molecule has 2 atom stereocenters. The number of methoxy groups -OCH3 is 2. The Kier molecular flexibility index (Phi) is 8.14. The van der Waals surface area contributed by atoms with Crippen LogP contribution in [0.5, 0.6) is 11.5 Å². The van der Waals surface area contributed by atoms with Crippen LogP contribution in [0.4, 0.5) is 0 Å². The van der Waals surface area contributed by atoms with Gasteiger partial charge in [0.1, 0.15) is 0 Å². The average molecular weight is 372 g/mol. The van der Waals surface area contributed by atoms with Gasteiger partial charge < -0.3 is 14.6 Å². The largest absolute Gasteiger partial charge is 0.493 e. The molecule has 0 aliphatic heterocycles. The lowest BCUT2D eigenvalue weighted by Crippen LogP contribution is -2.40. The fourth-order valence-electron chi connectivity index (χ4n) is 3.38. The lowest BCUT2D eigenvalue weighted by atomic mass is 10.0. The van der Waals surface area contributed by atoms with Crippen LogP contribution in [0, 0.1) is 5.92 Å². The van der Waals surface area contributed by atoms with Gasteiger partial charge in [-0.15, -0.1) is 0 Å². The summed E-state index contributed by atoms with van der Waals surface area (Å²) in [6.07, 6.45) is 0.395. The molecule has 0 saturated carbocycles. The van der Waals surface area contributed by atoms with Crippen LogP contribution in [-0.2, 0) is 6.42 Å². The monoisotopic (exact) mass is 371 g/mol. The summed E-state index contributed by atoms with van der Waals surface area (Å²) < 4.78 is 10.8. The summed E-state index contributed by atoms with van der Waals surface area (Å²) in [4.78, 5) is 2.37. The van der Waals surface area contributed by atoms with Crippen LogP contribution >= 0.6 is 0 Å². The minimum absolute atomic E-state index is 0.295. The van der Waals surface area contributed by atoms with E-state index in [2.05, 4.69) is 31.7 Å². The highest BCUT2D eigenvalue weighted by molar-refractivity contribution is 5.43.